The van der Waals surface area contributed by atoms with Gasteiger partial charge in [0.2, 0.25) is 0 Å². The van der Waals surface area contributed by atoms with Crippen LogP contribution >= 0.6 is 15.9 Å². The van der Waals surface area contributed by atoms with Crippen molar-refractivity contribution in [2.24, 2.45) is 5.41 Å². The molecule has 4 heteroatoms. The minimum absolute atomic E-state index is 0.0164. The third-order valence-electron chi connectivity index (χ3n) is 2.34. The van der Waals surface area contributed by atoms with Crippen molar-refractivity contribution >= 4 is 21.8 Å². The largest absolute Gasteiger partial charge is 0.351 e. The van der Waals surface area contributed by atoms with Gasteiger partial charge in [0.05, 0.1) is 11.6 Å². The third-order valence-corrected chi connectivity index (χ3v) is 3.86. The predicted molar refractivity (Wildman–Crippen MR) is 71.1 cm³/mol. The van der Waals surface area contributed by atoms with E-state index in [-0.39, 0.29) is 11.3 Å². The Morgan fingerprint density at radius 1 is 1.53 bits per heavy atom. The van der Waals surface area contributed by atoms with E-state index < -0.39 is 0 Å². The van der Waals surface area contributed by atoms with Crippen LogP contribution in [0.3, 0.4) is 0 Å². The van der Waals surface area contributed by atoms with E-state index in [2.05, 4.69) is 35.1 Å². The summed E-state index contributed by atoms with van der Waals surface area (Å²) in [5, 5.41) is 12.4. The summed E-state index contributed by atoms with van der Waals surface area (Å²) in [6.07, 6.45) is 0. The van der Waals surface area contributed by atoms with Crippen molar-refractivity contribution in [2.75, 3.05) is 11.9 Å². The normalized spacial score (nSPS) is 10.7. The first kappa shape index (κ1) is 13.7. The standard InChI is InChI=1S/C13H15BrN2O/c1-13(2,8-14)9-16-12(17)11-5-3-4-10(6-11)7-15/h3-6H,8-9H2,1-2H3,(H,16,17). The summed E-state index contributed by atoms with van der Waals surface area (Å²) in [6, 6.07) is 8.71. The summed E-state index contributed by atoms with van der Waals surface area (Å²) < 4.78 is 0. The van der Waals surface area contributed by atoms with Gasteiger partial charge in [0, 0.05) is 17.4 Å². The number of nitriles is 1. The van der Waals surface area contributed by atoms with E-state index in [0.717, 1.165) is 5.33 Å². The van der Waals surface area contributed by atoms with Crippen LogP contribution in [0.15, 0.2) is 24.3 Å². The molecule has 1 aromatic rings. The highest BCUT2D eigenvalue weighted by molar-refractivity contribution is 9.09. The molecule has 0 heterocycles. The van der Waals surface area contributed by atoms with Crippen LogP contribution in [0, 0.1) is 16.7 Å². The van der Waals surface area contributed by atoms with Crippen molar-refractivity contribution in [3.05, 3.63) is 35.4 Å². The summed E-state index contributed by atoms with van der Waals surface area (Å²) in [5.74, 6) is -0.142. The van der Waals surface area contributed by atoms with E-state index >= 15 is 0 Å². The van der Waals surface area contributed by atoms with Crippen LogP contribution in [0.25, 0.3) is 0 Å². The number of benzene rings is 1. The van der Waals surface area contributed by atoms with Gasteiger partial charge in [-0.2, -0.15) is 5.26 Å². The molecule has 0 fully saturated rings. The molecule has 0 aliphatic rings. The molecule has 90 valence electrons. The Balaban J connectivity index is 2.68. The molecule has 1 rings (SSSR count). The number of carbonyl (C=O) groups is 1. The lowest BCUT2D eigenvalue weighted by Crippen LogP contribution is -2.34. The molecule has 17 heavy (non-hydrogen) atoms. The lowest BCUT2D eigenvalue weighted by atomic mass is 9.96. The number of alkyl halides is 1. The summed E-state index contributed by atoms with van der Waals surface area (Å²) in [7, 11) is 0. The van der Waals surface area contributed by atoms with Gasteiger partial charge in [-0.25, -0.2) is 0 Å². The Morgan fingerprint density at radius 2 is 2.24 bits per heavy atom. The molecular weight excluding hydrogens is 280 g/mol. The minimum Gasteiger partial charge on any atom is -0.351 e. The van der Waals surface area contributed by atoms with Crippen molar-refractivity contribution in [3.8, 4) is 6.07 Å². The van der Waals surface area contributed by atoms with Crippen molar-refractivity contribution < 1.29 is 4.79 Å². The maximum Gasteiger partial charge on any atom is 0.251 e. The van der Waals surface area contributed by atoms with E-state index in [1.54, 1.807) is 24.3 Å². The van der Waals surface area contributed by atoms with E-state index in [1.165, 1.54) is 0 Å². The fraction of sp³-hybridized carbons (Fsp3) is 0.385. The van der Waals surface area contributed by atoms with Crippen LogP contribution in [0.1, 0.15) is 29.8 Å². The van der Waals surface area contributed by atoms with E-state index in [4.69, 9.17) is 5.26 Å². The van der Waals surface area contributed by atoms with Gasteiger partial charge in [-0.3, -0.25) is 4.79 Å². The number of halogens is 1. The highest BCUT2D eigenvalue weighted by atomic mass is 79.9. The number of nitrogens with zero attached hydrogens (tertiary/aromatic N) is 1. The first-order chi connectivity index (χ1) is 7.98. The Morgan fingerprint density at radius 3 is 2.82 bits per heavy atom. The molecule has 0 unspecified atom stereocenters. The Labute approximate surface area is 110 Å². The monoisotopic (exact) mass is 294 g/mol. The number of carbonyl (C=O) groups excluding carboxylic acids is 1. The Hall–Kier alpha value is -1.34. The average molecular weight is 295 g/mol. The van der Waals surface area contributed by atoms with Crippen molar-refractivity contribution in [1.82, 2.24) is 5.32 Å². The van der Waals surface area contributed by atoms with E-state index in [0.29, 0.717) is 17.7 Å². The summed E-state index contributed by atoms with van der Waals surface area (Å²) >= 11 is 3.41. The zero-order valence-electron chi connectivity index (χ0n) is 9.96. The fourth-order valence-corrected chi connectivity index (χ4v) is 1.40. The van der Waals surface area contributed by atoms with Crippen molar-refractivity contribution in [3.63, 3.8) is 0 Å². The van der Waals surface area contributed by atoms with Gasteiger partial charge in [-0.1, -0.05) is 35.8 Å². The SMILES string of the molecule is CC(C)(CBr)CNC(=O)c1cccc(C#N)c1. The zero-order valence-corrected chi connectivity index (χ0v) is 11.5. The second kappa shape index (κ2) is 5.83. The highest BCUT2D eigenvalue weighted by Gasteiger charge is 2.17. The molecule has 0 saturated heterocycles. The van der Waals surface area contributed by atoms with Gasteiger partial charge >= 0.3 is 0 Å². The van der Waals surface area contributed by atoms with Gasteiger partial charge in [0.15, 0.2) is 0 Å². The topological polar surface area (TPSA) is 52.9 Å². The number of hydrogen-bond acceptors (Lipinski definition) is 2. The third kappa shape index (κ3) is 4.20. The summed E-state index contributed by atoms with van der Waals surface area (Å²) in [6.45, 7) is 4.72. The quantitative estimate of drug-likeness (QED) is 0.868. The number of amides is 1. The molecule has 0 aliphatic carbocycles. The molecule has 1 aromatic carbocycles. The number of hydrogen-bond donors (Lipinski definition) is 1. The van der Waals surface area contributed by atoms with E-state index in [9.17, 15) is 4.79 Å². The van der Waals surface area contributed by atoms with Crippen LogP contribution < -0.4 is 5.32 Å². The number of rotatable bonds is 4. The van der Waals surface area contributed by atoms with Gasteiger partial charge in [0.1, 0.15) is 0 Å². The average Bonchev–Trinajstić information content (AvgIpc) is 2.36. The van der Waals surface area contributed by atoms with Gasteiger partial charge in [-0.05, 0) is 23.6 Å². The molecule has 1 amide bonds. The van der Waals surface area contributed by atoms with Crippen LogP contribution in [0.2, 0.25) is 0 Å². The molecule has 0 aromatic heterocycles. The van der Waals surface area contributed by atoms with Crippen LogP contribution in [0.4, 0.5) is 0 Å². The number of nitrogens with one attached hydrogen (secondary N) is 1. The van der Waals surface area contributed by atoms with Crippen molar-refractivity contribution in [1.29, 1.82) is 5.26 Å². The summed E-state index contributed by atoms with van der Waals surface area (Å²) in [5.41, 5.74) is 1.04. The molecule has 0 bridgehead atoms. The van der Waals surface area contributed by atoms with Gasteiger partial charge in [-0.15, -0.1) is 0 Å². The second-order valence-electron chi connectivity index (χ2n) is 4.67. The highest BCUT2D eigenvalue weighted by Crippen LogP contribution is 2.16. The maximum atomic E-state index is 11.8. The molecule has 0 aliphatic heterocycles. The molecule has 0 radical (unpaired) electrons. The first-order valence-corrected chi connectivity index (χ1v) is 6.45. The van der Waals surface area contributed by atoms with Gasteiger partial charge in [0.25, 0.3) is 5.91 Å². The predicted octanol–water partition coefficient (Wildman–Crippen LogP) is 2.71. The molecule has 0 saturated carbocycles. The van der Waals surface area contributed by atoms with Gasteiger partial charge < -0.3 is 5.32 Å². The smallest absolute Gasteiger partial charge is 0.251 e. The lowest BCUT2D eigenvalue weighted by molar-refractivity contribution is 0.0940. The Bertz CT molecular complexity index is 449. The molecular formula is C13H15BrN2O. The fourth-order valence-electron chi connectivity index (χ4n) is 1.20. The molecule has 0 spiro atoms. The van der Waals surface area contributed by atoms with Crippen LogP contribution in [-0.4, -0.2) is 17.8 Å². The summed E-state index contributed by atoms with van der Waals surface area (Å²) in [4.78, 5) is 11.8. The van der Waals surface area contributed by atoms with Crippen LogP contribution in [-0.2, 0) is 0 Å². The second-order valence-corrected chi connectivity index (χ2v) is 5.23. The molecule has 3 nitrogen and oxygen atoms in total. The minimum atomic E-state index is -0.142. The zero-order chi connectivity index (χ0) is 12.9. The Kier molecular flexibility index (Phi) is 4.71. The molecule has 1 N–H and O–H groups in total. The lowest BCUT2D eigenvalue weighted by Gasteiger charge is -2.21. The van der Waals surface area contributed by atoms with E-state index in [1.807, 2.05) is 6.07 Å². The molecule has 0 atom stereocenters. The van der Waals surface area contributed by atoms with Crippen molar-refractivity contribution in [2.45, 2.75) is 13.8 Å². The van der Waals surface area contributed by atoms with Crippen LogP contribution in [0.5, 0.6) is 0 Å². The first-order valence-electron chi connectivity index (χ1n) is 5.33. The maximum absolute atomic E-state index is 11.8.